The standard InChI is InChI=1S/C12H15ClN2O2/c13-10-7-9(12(16)8-14)1-2-11(10)15-3-5-17-6-4-15/h1-2,7H,3-6,8,14H2. The van der Waals surface area contributed by atoms with Gasteiger partial charge in [0.2, 0.25) is 0 Å². The molecule has 0 radical (unpaired) electrons. The van der Waals surface area contributed by atoms with Crippen molar-refractivity contribution in [1.82, 2.24) is 0 Å². The van der Waals surface area contributed by atoms with Gasteiger partial charge in [-0.1, -0.05) is 11.6 Å². The van der Waals surface area contributed by atoms with Crippen LogP contribution in [0.15, 0.2) is 18.2 Å². The number of anilines is 1. The lowest BCUT2D eigenvalue weighted by atomic mass is 10.1. The van der Waals surface area contributed by atoms with Crippen LogP contribution in [-0.2, 0) is 4.74 Å². The predicted molar refractivity (Wildman–Crippen MR) is 67.9 cm³/mol. The highest BCUT2D eigenvalue weighted by Gasteiger charge is 2.15. The molecule has 1 aromatic rings. The molecule has 1 aliphatic rings. The Kier molecular flexibility index (Phi) is 3.99. The molecule has 0 spiro atoms. The Hall–Kier alpha value is -1.10. The lowest BCUT2D eigenvalue weighted by Crippen LogP contribution is -2.36. The molecule has 1 heterocycles. The van der Waals surface area contributed by atoms with Crippen molar-refractivity contribution in [3.63, 3.8) is 0 Å². The lowest BCUT2D eigenvalue weighted by molar-refractivity contribution is 0.100. The van der Waals surface area contributed by atoms with E-state index in [2.05, 4.69) is 4.90 Å². The monoisotopic (exact) mass is 254 g/mol. The number of hydrogen-bond acceptors (Lipinski definition) is 4. The molecule has 1 aliphatic heterocycles. The van der Waals surface area contributed by atoms with Gasteiger partial charge < -0.3 is 15.4 Å². The summed E-state index contributed by atoms with van der Waals surface area (Å²) in [5, 5.41) is 0.589. The van der Waals surface area contributed by atoms with E-state index in [4.69, 9.17) is 22.1 Å². The molecule has 0 atom stereocenters. The maximum Gasteiger partial charge on any atom is 0.176 e. The van der Waals surface area contributed by atoms with Gasteiger partial charge in [0.25, 0.3) is 0 Å². The number of carbonyl (C=O) groups excluding carboxylic acids is 1. The largest absolute Gasteiger partial charge is 0.378 e. The third-order valence-corrected chi connectivity index (χ3v) is 3.11. The van der Waals surface area contributed by atoms with Crippen molar-refractivity contribution >= 4 is 23.1 Å². The van der Waals surface area contributed by atoms with Crippen molar-refractivity contribution in [2.24, 2.45) is 5.73 Å². The highest BCUT2D eigenvalue weighted by molar-refractivity contribution is 6.33. The van der Waals surface area contributed by atoms with E-state index >= 15 is 0 Å². The van der Waals surface area contributed by atoms with Crippen molar-refractivity contribution in [3.8, 4) is 0 Å². The summed E-state index contributed by atoms with van der Waals surface area (Å²) >= 11 is 6.19. The Morgan fingerprint density at radius 1 is 1.41 bits per heavy atom. The molecule has 1 saturated heterocycles. The summed E-state index contributed by atoms with van der Waals surface area (Å²) < 4.78 is 5.29. The first kappa shape index (κ1) is 12.4. The van der Waals surface area contributed by atoms with Crippen LogP contribution in [-0.4, -0.2) is 38.6 Å². The number of benzene rings is 1. The zero-order chi connectivity index (χ0) is 12.3. The van der Waals surface area contributed by atoms with Crippen molar-refractivity contribution in [2.45, 2.75) is 0 Å². The minimum absolute atomic E-state index is 0.00717. The molecule has 1 fully saturated rings. The average Bonchev–Trinajstić information content (AvgIpc) is 2.38. The maximum atomic E-state index is 11.4. The molecule has 0 saturated carbocycles. The Morgan fingerprint density at radius 3 is 2.71 bits per heavy atom. The third kappa shape index (κ3) is 2.77. The number of morpholine rings is 1. The third-order valence-electron chi connectivity index (χ3n) is 2.81. The van der Waals surface area contributed by atoms with E-state index in [1.807, 2.05) is 6.07 Å². The first-order valence-electron chi connectivity index (χ1n) is 5.58. The van der Waals surface area contributed by atoms with E-state index in [-0.39, 0.29) is 12.3 Å². The molecule has 1 aromatic carbocycles. The number of hydrogen-bond donors (Lipinski definition) is 1. The van der Waals surface area contributed by atoms with Crippen LogP contribution in [0.3, 0.4) is 0 Å². The van der Waals surface area contributed by atoms with E-state index in [1.54, 1.807) is 12.1 Å². The number of ketones is 1. The molecule has 2 rings (SSSR count). The Labute approximate surface area is 105 Å². The van der Waals surface area contributed by atoms with E-state index in [9.17, 15) is 4.79 Å². The summed E-state index contributed by atoms with van der Waals surface area (Å²) in [6, 6.07) is 5.32. The zero-order valence-electron chi connectivity index (χ0n) is 9.49. The maximum absolute atomic E-state index is 11.4. The van der Waals surface area contributed by atoms with Crippen LogP contribution >= 0.6 is 11.6 Å². The van der Waals surface area contributed by atoms with E-state index in [0.29, 0.717) is 23.8 Å². The topological polar surface area (TPSA) is 55.6 Å². The van der Waals surface area contributed by atoms with Gasteiger partial charge in [0.1, 0.15) is 0 Å². The second kappa shape index (κ2) is 5.49. The second-order valence-electron chi connectivity index (χ2n) is 3.89. The fourth-order valence-corrected chi connectivity index (χ4v) is 2.16. The number of ether oxygens (including phenoxy) is 1. The number of nitrogens with zero attached hydrogens (tertiary/aromatic N) is 1. The second-order valence-corrected chi connectivity index (χ2v) is 4.30. The molecular formula is C12H15ClN2O2. The van der Waals surface area contributed by atoms with Crippen LogP contribution in [0.2, 0.25) is 5.02 Å². The number of Topliss-reactive ketones (excluding diaryl/α,β-unsaturated/α-hetero) is 1. The average molecular weight is 255 g/mol. The van der Waals surface area contributed by atoms with Gasteiger partial charge in [-0.3, -0.25) is 4.79 Å². The number of rotatable bonds is 3. The van der Waals surface area contributed by atoms with Crippen molar-refractivity contribution in [1.29, 1.82) is 0 Å². The molecule has 0 unspecified atom stereocenters. The minimum atomic E-state index is -0.0968. The Morgan fingerprint density at radius 2 is 2.12 bits per heavy atom. The fourth-order valence-electron chi connectivity index (χ4n) is 1.86. The van der Waals surface area contributed by atoms with Crippen LogP contribution in [0.25, 0.3) is 0 Å². The fraction of sp³-hybridized carbons (Fsp3) is 0.417. The highest BCUT2D eigenvalue weighted by atomic mass is 35.5. The molecule has 2 N–H and O–H groups in total. The quantitative estimate of drug-likeness (QED) is 0.827. The van der Waals surface area contributed by atoms with Gasteiger partial charge in [0.05, 0.1) is 30.5 Å². The van der Waals surface area contributed by atoms with E-state index in [0.717, 1.165) is 18.8 Å². The van der Waals surface area contributed by atoms with Crippen LogP contribution in [0.1, 0.15) is 10.4 Å². The van der Waals surface area contributed by atoms with Gasteiger partial charge in [0, 0.05) is 18.7 Å². The number of nitrogens with two attached hydrogens (primary N) is 1. The van der Waals surface area contributed by atoms with E-state index < -0.39 is 0 Å². The molecule has 92 valence electrons. The first-order valence-corrected chi connectivity index (χ1v) is 5.95. The van der Waals surface area contributed by atoms with Gasteiger partial charge >= 0.3 is 0 Å². The number of halogens is 1. The highest BCUT2D eigenvalue weighted by Crippen LogP contribution is 2.27. The molecule has 0 bridgehead atoms. The molecule has 17 heavy (non-hydrogen) atoms. The lowest BCUT2D eigenvalue weighted by Gasteiger charge is -2.29. The van der Waals surface area contributed by atoms with Crippen molar-refractivity contribution in [2.75, 3.05) is 37.7 Å². The minimum Gasteiger partial charge on any atom is -0.378 e. The smallest absolute Gasteiger partial charge is 0.176 e. The van der Waals surface area contributed by atoms with Gasteiger partial charge in [-0.25, -0.2) is 0 Å². The molecule has 5 heteroatoms. The van der Waals surface area contributed by atoms with Crippen molar-refractivity contribution in [3.05, 3.63) is 28.8 Å². The van der Waals surface area contributed by atoms with Crippen LogP contribution < -0.4 is 10.6 Å². The van der Waals surface area contributed by atoms with Gasteiger partial charge in [-0.2, -0.15) is 0 Å². The summed E-state index contributed by atoms with van der Waals surface area (Å²) in [6.07, 6.45) is 0. The summed E-state index contributed by atoms with van der Waals surface area (Å²) in [5.41, 5.74) is 6.83. The van der Waals surface area contributed by atoms with Gasteiger partial charge in [0.15, 0.2) is 5.78 Å². The molecule has 0 aliphatic carbocycles. The summed E-state index contributed by atoms with van der Waals surface area (Å²) in [6.45, 7) is 3.07. The summed E-state index contributed by atoms with van der Waals surface area (Å²) in [7, 11) is 0. The zero-order valence-corrected chi connectivity index (χ0v) is 10.2. The molecule has 0 aromatic heterocycles. The van der Waals surface area contributed by atoms with Crippen molar-refractivity contribution < 1.29 is 9.53 Å². The van der Waals surface area contributed by atoms with Crippen LogP contribution in [0.5, 0.6) is 0 Å². The summed E-state index contributed by atoms with van der Waals surface area (Å²) in [5.74, 6) is -0.0968. The number of carbonyl (C=O) groups is 1. The predicted octanol–water partition coefficient (Wildman–Crippen LogP) is 1.32. The molecule has 0 amide bonds. The van der Waals surface area contributed by atoms with Gasteiger partial charge in [-0.15, -0.1) is 0 Å². The normalized spacial score (nSPS) is 16.0. The molecular weight excluding hydrogens is 240 g/mol. The first-order chi connectivity index (χ1) is 8.22. The summed E-state index contributed by atoms with van der Waals surface area (Å²) in [4.78, 5) is 13.6. The Bertz CT molecular complexity index is 417. The Balaban J connectivity index is 2.21. The van der Waals surface area contributed by atoms with Gasteiger partial charge in [-0.05, 0) is 18.2 Å². The molecule has 4 nitrogen and oxygen atoms in total. The van der Waals surface area contributed by atoms with Crippen LogP contribution in [0.4, 0.5) is 5.69 Å². The van der Waals surface area contributed by atoms with E-state index in [1.165, 1.54) is 0 Å². The van der Waals surface area contributed by atoms with Crippen LogP contribution in [0, 0.1) is 0 Å². The SMILES string of the molecule is NCC(=O)c1ccc(N2CCOCC2)c(Cl)c1.